The Balaban J connectivity index is 1.98. The third kappa shape index (κ3) is 1.86. The Bertz CT molecular complexity index is 620. The fourth-order valence-electron chi connectivity index (χ4n) is 2.15. The van der Waals surface area contributed by atoms with Crippen LogP contribution in [0.1, 0.15) is 33.5 Å². The van der Waals surface area contributed by atoms with E-state index in [0.717, 1.165) is 16.9 Å². The van der Waals surface area contributed by atoms with Crippen molar-refractivity contribution in [2.24, 2.45) is 0 Å². The van der Waals surface area contributed by atoms with E-state index in [1.54, 1.807) is 0 Å². The molecule has 0 amide bonds. The van der Waals surface area contributed by atoms with Gasteiger partial charge in [0, 0.05) is 6.20 Å². The molecule has 0 spiro atoms. The largest absolute Gasteiger partial charge is 0.495 e. The zero-order chi connectivity index (χ0) is 13.8. The van der Waals surface area contributed by atoms with Crippen LogP contribution in [0.2, 0.25) is 0 Å². The van der Waals surface area contributed by atoms with Gasteiger partial charge in [-0.1, -0.05) is 0 Å². The molecule has 2 aromatic heterocycles. The molecule has 0 aromatic carbocycles. The van der Waals surface area contributed by atoms with Crippen LogP contribution in [0.4, 0.5) is 0 Å². The fourth-order valence-corrected chi connectivity index (χ4v) is 2.15. The lowest BCUT2D eigenvalue weighted by Crippen LogP contribution is -2.41. The van der Waals surface area contributed by atoms with Crippen LogP contribution in [0.5, 0.6) is 0 Å². The van der Waals surface area contributed by atoms with E-state index in [-0.39, 0.29) is 18.3 Å². The van der Waals surface area contributed by atoms with Crippen molar-refractivity contribution in [1.82, 2.24) is 14.6 Å². The van der Waals surface area contributed by atoms with Gasteiger partial charge in [-0.15, -0.1) is 10.2 Å². The van der Waals surface area contributed by atoms with Gasteiger partial charge in [-0.05, 0) is 52.2 Å². The van der Waals surface area contributed by atoms with Crippen LogP contribution in [0.25, 0.3) is 5.65 Å². The SMILES string of the molecule is Cc1nnc2cc(B3OC(C)(C)C(C)(C)O3)ccn12. The normalized spacial score (nSPS) is 21.2. The summed E-state index contributed by atoms with van der Waals surface area (Å²) in [5, 5.41) is 8.18. The number of pyridine rings is 1. The summed E-state index contributed by atoms with van der Waals surface area (Å²) in [5.41, 5.74) is 1.13. The van der Waals surface area contributed by atoms with Gasteiger partial charge < -0.3 is 9.31 Å². The smallest absolute Gasteiger partial charge is 0.399 e. The summed E-state index contributed by atoms with van der Waals surface area (Å²) in [7, 11) is -0.355. The lowest BCUT2D eigenvalue weighted by molar-refractivity contribution is 0.00578. The summed E-state index contributed by atoms with van der Waals surface area (Å²) in [6.45, 7) is 10.1. The van der Waals surface area contributed by atoms with Crippen LogP contribution in [-0.2, 0) is 9.31 Å². The summed E-state index contributed by atoms with van der Waals surface area (Å²) < 4.78 is 14.0. The third-order valence-corrected chi connectivity index (χ3v) is 4.13. The van der Waals surface area contributed by atoms with E-state index in [4.69, 9.17) is 9.31 Å². The molecule has 1 aliphatic rings. The summed E-state index contributed by atoms with van der Waals surface area (Å²) in [5.74, 6) is 0.871. The molecular weight excluding hydrogens is 241 g/mol. The second-order valence-corrected chi connectivity index (χ2v) is 6.02. The number of hydrogen-bond acceptors (Lipinski definition) is 4. The van der Waals surface area contributed by atoms with Gasteiger partial charge in [-0.25, -0.2) is 0 Å². The highest BCUT2D eigenvalue weighted by atomic mass is 16.7. The second-order valence-electron chi connectivity index (χ2n) is 6.02. The Morgan fingerprint density at radius 1 is 1.11 bits per heavy atom. The molecular formula is C13H18BN3O2. The van der Waals surface area contributed by atoms with E-state index >= 15 is 0 Å². The quantitative estimate of drug-likeness (QED) is 0.725. The molecule has 6 heteroatoms. The van der Waals surface area contributed by atoms with Crippen LogP contribution in [0, 0.1) is 6.92 Å². The Morgan fingerprint density at radius 2 is 1.74 bits per heavy atom. The van der Waals surface area contributed by atoms with E-state index in [1.807, 2.05) is 57.3 Å². The molecule has 3 heterocycles. The Kier molecular flexibility index (Phi) is 2.53. The number of fused-ring (bicyclic) bond motifs is 1. The molecule has 0 unspecified atom stereocenters. The van der Waals surface area contributed by atoms with Crippen molar-refractivity contribution in [3.05, 3.63) is 24.2 Å². The Labute approximate surface area is 113 Å². The molecule has 2 aromatic rings. The molecule has 1 saturated heterocycles. The molecule has 3 rings (SSSR count). The molecule has 0 bridgehead atoms. The van der Waals surface area contributed by atoms with Crippen LogP contribution in [0.3, 0.4) is 0 Å². The van der Waals surface area contributed by atoms with E-state index in [2.05, 4.69) is 10.2 Å². The number of aryl methyl sites for hydroxylation is 1. The lowest BCUT2D eigenvalue weighted by Gasteiger charge is -2.32. The first-order valence-electron chi connectivity index (χ1n) is 6.47. The van der Waals surface area contributed by atoms with Gasteiger partial charge in [0.15, 0.2) is 5.65 Å². The molecule has 0 aliphatic carbocycles. The first-order chi connectivity index (χ1) is 8.80. The molecule has 0 N–H and O–H groups in total. The molecule has 1 fully saturated rings. The minimum Gasteiger partial charge on any atom is -0.399 e. The summed E-state index contributed by atoms with van der Waals surface area (Å²) in [6, 6.07) is 3.95. The molecule has 100 valence electrons. The van der Waals surface area contributed by atoms with E-state index < -0.39 is 0 Å². The minimum atomic E-state index is -0.355. The Morgan fingerprint density at radius 3 is 2.37 bits per heavy atom. The van der Waals surface area contributed by atoms with Gasteiger partial charge in [-0.3, -0.25) is 4.40 Å². The maximum atomic E-state index is 6.03. The number of rotatable bonds is 1. The zero-order valence-electron chi connectivity index (χ0n) is 12.0. The molecule has 0 radical (unpaired) electrons. The van der Waals surface area contributed by atoms with Gasteiger partial charge in [0.25, 0.3) is 0 Å². The van der Waals surface area contributed by atoms with Crippen molar-refractivity contribution in [2.75, 3.05) is 0 Å². The molecule has 5 nitrogen and oxygen atoms in total. The van der Waals surface area contributed by atoms with Crippen LogP contribution < -0.4 is 5.46 Å². The maximum absolute atomic E-state index is 6.03. The molecule has 1 aliphatic heterocycles. The summed E-state index contributed by atoms with van der Waals surface area (Å²) >= 11 is 0. The van der Waals surface area contributed by atoms with E-state index in [9.17, 15) is 0 Å². The molecule has 0 saturated carbocycles. The first-order valence-corrected chi connectivity index (χ1v) is 6.47. The van der Waals surface area contributed by atoms with Crippen molar-refractivity contribution in [3.63, 3.8) is 0 Å². The Hall–Kier alpha value is -1.40. The highest BCUT2D eigenvalue weighted by Gasteiger charge is 2.51. The predicted octanol–water partition coefficient (Wildman–Crippen LogP) is 1.34. The highest BCUT2D eigenvalue weighted by molar-refractivity contribution is 6.62. The van der Waals surface area contributed by atoms with Crippen molar-refractivity contribution >= 4 is 18.2 Å². The molecule has 0 atom stereocenters. The standard InChI is InChI=1S/C13H18BN3O2/c1-9-15-16-11-8-10(6-7-17(9)11)14-18-12(2,3)13(4,5)19-14/h6-8H,1-5H3. The zero-order valence-corrected chi connectivity index (χ0v) is 12.0. The lowest BCUT2D eigenvalue weighted by atomic mass is 9.80. The summed E-state index contributed by atoms with van der Waals surface area (Å²) in [6.07, 6.45) is 1.95. The van der Waals surface area contributed by atoms with Gasteiger partial charge in [0.2, 0.25) is 0 Å². The van der Waals surface area contributed by atoms with Gasteiger partial charge in [0.05, 0.1) is 11.2 Å². The highest BCUT2D eigenvalue weighted by Crippen LogP contribution is 2.36. The van der Waals surface area contributed by atoms with Gasteiger partial charge in [0.1, 0.15) is 5.82 Å². The van der Waals surface area contributed by atoms with Crippen molar-refractivity contribution in [1.29, 1.82) is 0 Å². The average molecular weight is 259 g/mol. The summed E-state index contributed by atoms with van der Waals surface area (Å²) in [4.78, 5) is 0. The number of nitrogens with zero attached hydrogens (tertiary/aromatic N) is 3. The van der Waals surface area contributed by atoms with Gasteiger partial charge >= 0.3 is 7.12 Å². The maximum Gasteiger partial charge on any atom is 0.495 e. The van der Waals surface area contributed by atoms with Crippen molar-refractivity contribution in [2.45, 2.75) is 45.8 Å². The van der Waals surface area contributed by atoms with Crippen LogP contribution >= 0.6 is 0 Å². The topological polar surface area (TPSA) is 48.7 Å². The first kappa shape index (κ1) is 12.6. The number of aromatic nitrogens is 3. The van der Waals surface area contributed by atoms with Crippen molar-refractivity contribution in [3.8, 4) is 0 Å². The van der Waals surface area contributed by atoms with Crippen LogP contribution in [0.15, 0.2) is 18.3 Å². The number of hydrogen-bond donors (Lipinski definition) is 0. The molecule has 19 heavy (non-hydrogen) atoms. The minimum absolute atomic E-state index is 0.326. The fraction of sp³-hybridized carbons (Fsp3) is 0.538. The van der Waals surface area contributed by atoms with Crippen molar-refractivity contribution < 1.29 is 9.31 Å². The van der Waals surface area contributed by atoms with Crippen LogP contribution in [-0.4, -0.2) is 32.9 Å². The second kappa shape index (κ2) is 3.80. The average Bonchev–Trinajstić information content (AvgIpc) is 2.78. The third-order valence-electron chi connectivity index (χ3n) is 4.13. The van der Waals surface area contributed by atoms with E-state index in [0.29, 0.717) is 0 Å². The van der Waals surface area contributed by atoms with Gasteiger partial charge in [-0.2, -0.15) is 0 Å². The predicted molar refractivity (Wildman–Crippen MR) is 73.4 cm³/mol. The van der Waals surface area contributed by atoms with E-state index in [1.165, 1.54) is 0 Å². The monoisotopic (exact) mass is 259 g/mol.